The van der Waals surface area contributed by atoms with E-state index in [1.54, 1.807) is 0 Å². The van der Waals surface area contributed by atoms with Crippen LogP contribution in [0.4, 0.5) is 0 Å². The molecule has 98 valence electrons. The molecule has 2 heteroatoms. The molecular weight excluding hydrogens is 220 g/mol. The van der Waals surface area contributed by atoms with Gasteiger partial charge in [-0.15, -0.1) is 0 Å². The van der Waals surface area contributed by atoms with Gasteiger partial charge in [0.2, 0.25) is 0 Å². The number of benzene rings is 1. The minimum Gasteiger partial charge on any atom is -0.316 e. The molecule has 2 fully saturated rings. The van der Waals surface area contributed by atoms with Crippen LogP contribution < -0.4 is 5.32 Å². The van der Waals surface area contributed by atoms with Crippen molar-refractivity contribution in [3.8, 4) is 0 Å². The van der Waals surface area contributed by atoms with Crippen LogP contribution in [0, 0.1) is 11.8 Å². The van der Waals surface area contributed by atoms with Crippen molar-refractivity contribution in [2.75, 3.05) is 26.2 Å². The van der Waals surface area contributed by atoms with Crippen LogP contribution in [0.5, 0.6) is 0 Å². The van der Waals surface area contributed by atoms with Crippen molar-refractivity contribution in [1.29, 1.82) is 0 Å². The van der Waals surface area contributed by atoms with Gasteiger partial charge in [0, 0.05) is 13.1 Å². The topological polar surface area (TPSA) is 15.3 Å². The molecule has 2 nitrogen and oxygen atoms in total. The highest BCUT2D eigenvalue weighted by Crippen LogP contribution is 2.27. The lowest BCUT2D eigenvalue weighted by Gasteiger charge is -2.17. The van der Waals surface area contributed by atoms with E-state index >= 15 is 0 Å². The summed E-state index contributed by atoms with van der Waals surface area (Å²) in [4.78, 5) is 2.63. The molecule has 1 aromatic carbocycles. The molecular formula is C16H24N2. The summed E-state index contributed by atoms with van der Waals surface area (Å²) < 4.78 is 0. The number of nitrogens with one attached hydrogen (secondary N) is 1. The maximum atomic E-state index is 3.48. The lowest BCUT2D eigenvalue weighted by Crippen LogP contribution is -2.21. The number of nitrogens with zero attached hydrogens (tertiary/aromatic N) is 1. The third kappa shape index (κ3) is 3.12. The quantitative estimate of drug-likeness (QED) is 0.875. The Hall–Kier alpha value is -0.860. The minimum absolute atomic E-state index is 0.943. The first-order valence-electron chi connectivity index (χ1n) is 7.37. The van der Waals surface area contributed by atoms with Gasteiger partial charge in [0.1, 0.15) is 0 Å². The van der Waals surface area contributed by atoms with Gasteiger partial charge in [-0.1, -0.05) is 30.3 Å². The lowest BCUT2D eigenvalue weighted by molar-refractivity contribution is 0.302. The molecule has 0 bridgehead atoms. The average Bonchev–Trinajstić information content (AvgIpc) is 3.03. The summed E-state index contributed by atoms with van der Waals surface area (Å²) in [5.41, 5.74) is 1.46. The molecule has 1 N–H and O–H groups in total. The number of rotatable bonds is 4. The number of likely N-dealkylation sites (tertiary alicyclic amines) is 1. The largest absolute Gasteiger partial charge is 0.316 e. The molecule has 0 amide bonds. The molecule has 0 aromatic heterocycles. The second-order valence-electron chi connectivity index (χ2n) is 5.97. The van der Waals surface area contributed by atoms with Gasteiger partial charge >= 0.3 is 0 Å². The van der Waals surface area contributed by atoms with Crippen LogP contribution in [-0.2, 0) is 6.54 Å². The molecule has 1 aromatic rings. The number of hydrogen-bond donors (Lipinski definition) is 1. The van der Waals surface area contributed by atoms with E-state index in [-0.39, 0.29) is 0 Å². The highest BCUT2D eigenvalue weighted by molar-refractivity contribution is 5.14. The molecule has 0 spiro atoms. The minimum atomic E-state index is 0.943. The SMILES string of the molecule is c1ccc(CN2CCC(CC3CCNC3)C2)cc1. The average molecular weight is 244 g/mol. The van der Waals surface area contributed by atoms with Crippen LogP contribution in [0.25, 0.3) is 0 Å². The van der Waals surface area contributed by atoms with E-state index in [2.05, 4.69) is 40.5 Å². The van der Waals surface area contributed by atoms with Crippen LogP contribution in [0.2, 0.25) is 0 Å². The Kier molecular flexibility index (Phi) is 3.96. The van der Waals surface area contributed by atoms with E-state index in [1.165, 1.54) is 51.0 Å². The van der Waals surface area contributed by atoms with Crippen LogP contribution in [0.15, 0.2) is 30.3 Å². The Bertz CT molecular complexity index is 357. The van der Waals surface area contributed by atoms with Gasteiger partial charge in [-0.3, -0.25) is 4.90 Å². The molecule has 2 heterocycles. The molecule has 18 heavy (non-hydrogen) atoms. The van der Waals surface area contributed by atoms with Gasteiger partial charge in [0.25, 0.3) is 0 Å². The first kappa shape index (κ1) is 12.2. The molecule has 0 aliphatic carbocycles. The monoisotopic (exact) mass is 244 g/mol. The van der Waals surface area contributed by atoms with E-state index in [9.17, 15) is 0 Å². The van der Waals surface area contributed by atoms with Gasteiger partial charge < -0.3 is 5.32 Å². The summed E-state index contributed by atoms with van der Waals surface area (Å²) in [5.74, 6) is 1.89. The second-order valence-corrected chi connectivity index (χ2v) is 5.97. The normalized spacial score (nSPS) is 28.9. The second kappa shape index (κ2) is 5.85. The van der Waals surface area contributed by atoms with E-state index in [0.717, 1.165) is 18.4 Å². The third-order valence-corrected chi connectivity index (χ3v) is 4.45. The fraction of sp³-hybridized carbons (Fsp3) is 0.625. The lowest BCUT2D eigenvalue weighted by atomic mass is 9.93. The Morgan fingerprint density at radius 1 is 1.11 bits per heavy atom. The Labute approximate surface area is 110 Å². The molecule has 0 saturated carbocycles. The zero-order valence-corrected chi connectivity index (χ0v) is 11.1. The molecule has 2 atom stereocenters. The summed E-state index contributed by atoms with van der Waals surface area (Å²) >= 11 is 0. The first-order chi connectivity index (χ1) is 8.90. The fourth-order valence-electron chi connectivity index (χ4n) is 3.48. The van der Waals surface area contributed by atoms with Crippen LogP contribution >= 0.6 is 0 Å². The van der Waals surface area contributed by atoms with Gasteiger partial charge in [-0.05, 0) is 56.3 Å². The van der Waals surface area contributed by atoms with Crippen molar-refractivity contribution < 1.29 is 0 Å². The Morgan fingerprint density at radius 3 is 2.78 bits per heavy atom. The fourth-order valence-corrected chi connectivity index (χ4v) is 3.48. The molecule has 2 aliphatic rings. The van der Waals surface area contributed by atoms with E-state index in [1.807, 2.05) is 0 Å². The summed E-state index contributed by atoms with van der Waals surface area (Å²) in [6, 6.07) is 10.9. The Morgan fingerprint density at radius 2 is 2.00 bits per heavy atom. The first-order valence-corrected chi connectivity index (χ1v) is 7.37. The van der Waals surface area contributed by atoms with Crippen LogP contribution in [0.1, 0.15) is 24.8 Å². The third-order valence-electron chi connectivity index (χ3n) is 4.45. The highest BCUT2D eigenvalue weighted by Gasteiger charge is 2.26. The van der Waals surface area contributed by atoms with E-state index < -0.39 is 0 Å². The highest BCUT2D eigenvalue weighted by atomic mass is 15.1. The smallest absolute Gasteiger partial charge is 0.0233 e. The standard InChI is InChI=1S/C16H24N2/c1-2-4-14(5-3-1)12-18-9-7-16(13-18)10-15-6-8-17-11-15/h1-5,15-17H,6-13H2. The molecule has 3 rings (SSSR count). The molecule has 2 unspecified atom stereocenters. The maximum absolute atomic E-state index is 3.48. The van der Waals surface area contributed by atoms with Crippen molar-refractivity contribution >= 4 is 0 Å². The zero-order chi connectivity index (χ0) is 12.2. The maximum Gasteiger partial charge on any atom is 0.0233 e. The van der Waals surface area contributed by atoms with Crippen molar-refractivity contribution in [1.82, 2.24) is 10.2 Å². The summed E-state index contributed by atoms with van der Waals surface area (Å²) in [6.07, 6.45) is 4.25. The van der Waals surface area contributed by atoms with Gasteiger partial charge in [-0.2, -0.15) is 0 Å². The van der Waals surface area contributed by atoms with E-state index in [4.69, 9.17) is 0 Å². The van der Waals surface area contributed by atoms with Gasteiger partial charge in [-0.25, -0.2) is 0 Å². The summed E-state index contributed by atoms with van der Waals surface area (Å²) in [6.45, 7) is 6.24. The summed E-state index contributed by atoms with van der Waals surface area (Å²) in [7, 11) is 0. The molecule has 2 saturated heterocycles. The molecule has 0 radical (unpaired) electrons. The van der Waals surface area contributed by atoms with Crippen molar-refractivity contribution in [3.05, 3.63) is 35.9 Å². The van der Waals surface area contributed by atoms with Crippen molar-refractivity contribution in [3.63, 3.8) is 0 Å². The van der Waals surface area contributed by atoms with Crippen molar-refractivity contribution in [2.24, 2.45) is 11.8 Å². The predicted molar refractivity (Wildman–Crippen MR) is 75.4 cm³/mol. The number of hydrogen-bond acceptors (Lipinski definition) is 2. The van der Waals surface area contributed by atoms with Crippen LogP contribution in [0.3, 0.4) is 0 Å². The Balaban J connectivity index is 1.46. The predicted octanol–water partition coefficient (Wildman–Crippen LogP) is 2.51. The zero-order valence-electron chi connectivity index (χ0n) is 11.1. The summed E-state index contributed by atoms with van der Waals surface area (Å²) in [5, 5.41) is 3.48. The molecule has 2 aliphatic heterocycles. The van der Waals surface area contributed by atoms with Crippen LogP contribution in [-0.4, -0.2) is 31.1 Å². The van der Waals surface area contributed by atoms with E-state index in [0.29, 0.717) is 0 Å². The van der Waals surface area contributed by atoms with Gasteiger partial charge in [0.15, 0.2) is 0 Å². The van der Waals surface area contributed by atoms with Crippen molar-refractivity contribution in [2.45, 2.75) is 25.8 Å². The van der Waals surface area contributed by atoms with Gasteiger partial charge in [0.05, 0.1) is 0 Å².